The van der Waals surface area contributed by atoms with Crippen LogP contribution in [0.5, 0.6) is 0 Å². The summed E-state index contributed by atoms with van der Waals surface area (Å²) in [6.07, 6.45) is 3.20. The Morgan fingerprint density at radius 3 is 2.36 bits per heavy atom. The molecule has 0 fully saturated rings. The van der Waals surface area contributed by atoms with Crippen LogP contribution < -0.4 is 5.32 Å². The molecule has 2 aromatic rings. The topological polar surface area (TPSA) is 39.1 Å². The number of nitrogens with zero attached hydrogens (tertiary/aromatic N) is 1. The fourth-order valence-electron chi connectivity index (χ4n) is 2.69. The Hall–Kier alpha value is -2.04. The second-order valence-corrected chi connectivity index (χ2v) is 7.14. The molecule has 0 saturated heterocycles. The summed E-state index contributed by atoms with van der Waals surface area (Å²) in [5.41, 5.74) is 3.67. The largest absolute Gasteiger partial charge is 0.390 e. The highest BCUT2D eigenvalue weighted by molar-refractivity contribution is 7.99. The summed E-state index contributed by atoms with van der Waals surface area (Å²) < 4.78 is 0. The van der Waals surface area contributed by atoms with E-state index >= 15 is 0 Å². The van der Waals surface area contributed by atoms with Gasteiger partial charge in [0.25, 0.3) is 0 Å². The summed E-state index contributed by atoms with van der Waals surface area (Å²) in [7, 11) is 4.09. The Balaban J connectivity index is 1.95. The van der Waals surface area contributed by atoms with E-state index in [2.05, 4.69) is 71.9 Å². The molecule has 0 aliphatic rings. The summed E-state index contributed by atoms with van der Waals surface area (Å²) in [4.78, 5) is 2.35. The van der Waals surface area contributed by atoms with Gasteiger partial charge in [-0.15, -0.1) is 11.8 Å². The average Bonchev–Trinajstić information content (AvgIpc) is 2.65. The van der Waals surface area contributed by atoms with Crippen molar-refractivity contribution in [1.29, 1.82) is 5.41 Å². The number of allylic oxidation sites excluding steroid dienone is 1. The Morgan fingerprint density at radius 2 is 1.76 bits per heavy atom. The second-order valence-electron chi connectivity index (χ2n) is 5.92. The normalized spacial score (nSPS) is 12.8. The van der Waals surface area contributed by atoms with Crippen molar-refractivity contribution in [1.82, 2.24) is 10.2 Å². The fourth-order valence-corrected chi connectivity index (χ4v) is 4.06. The third-order valence-corrected chi connectivity index (χ3v) is 5.27. The predicted molar refractivity (Wildman–Crippen MR) is 110 cm³/mol. The third kappa shape index (κ3) is 6.40. The van der Waals surface area contributed by atoms with Gasteiger partial charge in [0.05, 0.1) is 5.25 Å². The van der Waals surface area contributed by atoms with Gasteiger partial charge in [0, 0.05) is 37.8 Å². The molecule has 2 rings (SSSR count). The maximum Gasteiger partial charge on any atom is 0.0694 e. The van der Waals surface area contributed by atoms with E-state index in [1.807, 2.05) is 31.0 Å². The first-order chi connectivity index (χ1) is 12.2. The molecular formula is C21H27N3S. The van der Waals surface area contributed by atoms with Crippen molar-refractivity contribution in [3.63, 3.8) is 0 Å². The summed E-state index contributed by atoms with van der Waals surface area (Å²) in [6, 6.07) is 21.1. The molecule has 132 valence electrons. The molecule has 25 heavy (non-hydrogen) atoms. The monoisotopic (exact) mass is 353 g/mol. The van der Waals surface area contributed by atoms with Crippen LogP contribution in [0.15, 0.2) is 72.4 Å². The van der Waals surface area contributed by atoms with Gasteiger partial charge in [-0.3, -0.25) is 0 Å². The van der Waals surface area contributed by atoms with E-state index < -0.39 is 0 Å². The smallest absolute Gasteiger partial charge is 0.0694 e. The van der Waals surface area contributed by atoms with E-state index in [4.69, 9.17) is 5.41 Å². The Bertz CT molecular complexity index is 655. The van der Waals surface area contributed by atoms with Crippen LogP contribution in [0.3, 0.4) is 0 Å². The second kappa shape index (κ2) is 10.7. The molecule has 0 heterocycles. The van der Waals surface area contributed by atoms with Crippen LogP contribution in [-0.2, 0) is 6.54 Å². The van der Waals surface area contributed by atoms with Gasteiger partial charge in [0.15, 0.2) is 0 Å². The fraction of sp³-hybridized carbons (Fsp3) is 0.286. The minimum absolute atomic E-state index is 0.220. The molecule has 4 heteroatoms. The van der Waals surface area contributed by atoms with Crippen LogP contribution in [-0.4, -0.2) is 37.5 Å². The minimum Gasteiger partial charge on any atom is -0.390 e. The Morgan fingerprint density at radius 1 is 1.12 bits per heavy atom. The van der Waals surface area contributed by atoms with Crippen LogP contribution in [0.1, 0.15) is 16.4 Å². The van der Waals surface area contributed by atoms with E-state index in [1.165, 1.54) is 17.3 Å². The quantitative estimate of drug-likeness (QED) is 0.624. The number of thioether (sulfide) groups is 1. The van der Waals surface area contributed by atoms with Gasteiger partial charge >= 0.3 is 0 Å². The molecule has 0 aliphatic carbocycles. The van der Waals surface area contributed by atoms with Gasteiger partial charge in [-0.05, 0) is 24.3 Å². The van der Waals surface area contributed by atoms with E-state index in [1.54, 1.807) is 0 Å². The molecule has 0 radical (unpaired) electrons. The van der Waals surface area contributed by atoms with Crippen LogP contribution in [0.2, 0.25) is 0 Å². The third-order valence-electron chi connectivity index (χ3n) is 3.99. The summed E-state index contributed by atoms with van der Waals surface area (Å²) in [5.74, 6) is 1.03. The molecule has 0 amide bonds. The standard InChI is InChI=1S/C21H27N3S/c1-23-20(13-14-22)21(19-11-7-4-8-12-19)25-16-15-24(2)17-18-9-5-3-6-10-18/h3-14,21-23H,15-17H2,1-2H3/b20-13-,22-14?. The van der Waals surface area contributed by atoms with E-state index in [9.17, 15) is 0 Å². The van der Waals surface area contributed by atoms with E-state index in [0.717, 1.165) is 24.5 Å². The van der Waals surface area contributed by atoms with Crippen molar-refractivity contribution in [2.75, 3.05) is 26.4 Å². The molecule has 0 aromatic heterocycles. The predicted octanol–water partition coefficient (Wildman–Crippen LogP) is 4.35. The zero-order valence-electron chi connectivity index (χ0n) is 15.0. The number of hydrogen-bond acceptors (Lipinski definition) is 4. The van der Waals surface area contributed by atoms with E-state index in [-0.39, 0.29) is 5.25 Å². The summed E-state index contributed by atoms with van der Waals surface area (Å²) in [5, 5.41) is 10.9. The van der Waals surface area contributed by atoms with Gasteiger partial charge in [-0.25, -0.2) is 0 Å². The number of likely N-dealkylation sites (N-methyl/N-ethyl adjacent to an activating group) is 1. The van der Waals surface area contributed by atoms with Crippen molar-refractivity contribution in [3.05, 3.63) is 83.6 Å². The summed E-state index contributed by atoms with van der Waals surface area (Å²) >= 11 is 1.91. The van der Waals surface area contributed by atoms with Crippen LogP contribution in [0.25, 0.3) is 0 Å². The molecule has 2 aromatic carbocycles. The average molecular weight is 354 g/mol. The highest BCUT2D eigenvalue weighted by atomic mass is 32.2. The SMILES string of the molecule is CN/C(=C\C=N)C(SCCN(C)Cc1ccccc1)c1ccccc1. The molecule has 0 spiro atoms. The maximum absolute atomic E-state index is 7.40. The lowest BCUT2D eigenvalue weighted by Gasteiger charge is -2.22. The minimum atomic E-state index is 0.220. The Labute approximate surface area is 155 Å². The van der Waals surface area contributed by atoms with Gasteiger partial charge in [0.2, 0.25) is 0 Å². The molecule has 0 saturated carbocycles. The molecule has 1 atom stereocenters. The van der Waals surface area contributed by atoms with Crippen molar-refractivity contribution in [2.45, 2.75) is 11.8 Å². The highest BCUT2D eigenvalue weighted by Gasteiger charge is 2.16. The number of benzene rings is 2. The zero-order chi connectivity index (χ0) is 17.9. The lowest BCUT2D eigenvalue weighted by atomic mass is 10.1. The van der Waals surface area contributed by atoms with E-state index in [0.29, 0.717) is 0 Å². The number of hydrogen-bond donors (Lipinski definition) is 2. The zero-order valence-corrected chi connectivity index (χ0v) is 15.8. The van der Waals surface area contributed by atoms with Crippen molar-refractivity contribution >= 4 is 18.0 Å². The highest BCUT2D eigenvalue weighted by Crippen LogP contribution is 2.34. The van der Waals surface area contributed by atoms with Crippen molar-refractivity contribution in [3.8, 4) is 0 Å². The molecule has 1 unspecified atom stereocenters. The first-order valence-electron chi connectivity index (χ1n) is 8.52. The van der Waals surface area contributed by atoms with Gasteiger partial charge in [-0.2, -0.15) is 0 Å². The maximum atomic E-state index is 7.40. The molecule has 0 aliphatic heterocycles. The Kier molecular flexibility index (Phi) is 8.29. The number of nitrogens with one attached hydrogen (secondary N) is 2. The van der Waals surface area contributed by atoms with Gasteiger partial charge < -0.3 is 15.6 Å². The van der Waals surface area contributed by atoms with Crippen molar-refractivity contribution in [2.24, 2.45) is 0 Å². The molecule has 3 nitrogen and oxygen atoms in total. The van der Waals surface area contributed by atoms with Crippen LogP contribution in [0.4, 0.5) is 0 Å². The molecule has 2 N–H and O–H groups in total. The van der Waals surface area contributed by atoms with Crippen LogP contribution in [0, 0.1) is 5.41 Å². The lowest BCUT2D eigenvalue weighted by Crippen LogP contribution is -2.22. The number of rotatable bonds is 10. The molecule has 0 bridgehead atoms. The van der Waals surface area contributed by atoms with Crippen LogP contribution >= 0.6 is 11.8 Å². The summed E-state index contributed by atoms with van der Waals surface area (Å²) in [6.45, 7) is 1.98. The van der Waals surface area contributed by atoms with Crippen molar-refractivity contribution < 1.29 is 0 Å². The molecular weight excluding hydrogens is 326 g/mol. The van der Waals surface area contributed by atoms with Gasteiger partial charge in [-0.1, -0.05) is 60.7 Å². The first-order valence-corrected chi connectivity index (χ1v) is 9.57. The van der Waals surface area contributed by atoms with Gasteiger partial charge in [0.1, 0.15) is 0 Å². The lowest BCUT2D eigenvalue weighted by molar-refractivity contribution is 0.348. The first kappa shape index (κ1) is 19.3.